The molecule has 0 bridgehead atoms. The van der Waals surface area contributed by atoms with Crippen LogP contribution in [0.5, 0.6) is 11.5 Å². The highest BCUT2D eigenvalue weighted by Crippen LogP contribution is 2.30. The van der Waals surface area contributed by atoms with Crippen molar-refractivity contribution in [2.45, 2.75) is 26.0 Å². The van der Waals surface area contributed by atoms with Crippen molar-refractivity contribution < 1.29 is 14.3 Å². The minimum absolute atomic E-state index is 0.0910. The van der Waals surface area contributed by atoms with E-state index in [0.717, 1.165) is 5.33 Å². The van der Waals surface area contributed by atoms with Crippen LogP contribution in [0.3, 0.4) is 0 Å². The molecule has 1 aliphatic rings. The van der Waals surface area contributed by atoms with E-state index in [0.29, 0.717) is 17.4 Å². The van der Waals surface area contributed by atoms with Crippen molar-refractivity contribution >= 4 is 21.8 Å². The van der Waals surface area contributed by atoms with Crippen molar-refractivity contribution in [1.29, 1.82) is 0 Å². The lowest BCUT2D eigenvalue weighted by molar-refractivity contribution is -0.131. The number of para-hydroxylation sites is 2. The number of carbonyl (C=O) groups is 1. The molecule has 2 atom stereocenters. The van der Waals surface area contributed by atoms with Crippen LogP contribution in [0.1, 0.15) is 13.8 Å². The molecule has 0 fully saturated rings. The van der Waals surface area contributed by atoms with Gasteiger partial charge >= 0.3 is 0 Å². The molecule has 2 unspecified atom stereocenters. The van der Waals surface area contributed by atoms with Crippen LogP contribution in [-0.2, 0) is 4.79 Å². The summed E-state index contributed by atoms with van der Waals surface area (Å²) in [5.74, 6) is 1.54. The van der Waals surface area contributed by atoms with E-state index in [-0.39, 0.29) is 18.6 Å². The zero-order valence-corrected chi connectivity index (χ0v) is 12.6. The summed E-state index contributed by atoms with van der Waals surface area (Å²) in [7, 11) is 0. The summed E-state index contributed by atoms with van der Waals surface area (Å²) in [6, 6.07) is 7.46. The van der Waals surface area contributed by atoms with E-state index in [9.17, 15) is 4.79 Å². The minimum atomic E-state index is -0.588. The number of benzene rings is 1. The number of carbonyl (C=O) groups excluding carboxylic acids is 1. The highest BCUT2D eigenvalue weighted by Gasteiger charge is 2.29. The lowest BCUT2D eigenvalue weighted by Gasteiger charge is -2.28. The summed E-state index contributed by atoms with van der Waals surface area (Å²) >= 11 is 3.41. The van der Waals surface area contributed by atoms with E-state index >= 15 is 0 Å². The Morgan fingerprint density at radius 2 is 2.11 bits per heavy atom. The summed E-state index contributed by atoms with van der Waals surface area (Å²) < 4.78 is 11.2. The van der Waals surface area contributed by atoms with Gasteiger partial charge in [-0.2, -0.15) is 0 Å². The second-order valence-corrected chi connectivity index (χ2v) is 5.53. The summed E-state index contributed by atoms with van der Waals surface area (Å²) in [4.78, 5) is 12.1. The van der Waals surface area contributed by atoms with Gasteiger partial charge in [0, 0.05) is 11.4 Å². The molecule has 1 aliphatic heterocycles. The molecule has 1 aromatic rings. The molecule has 0 saturated carbocycles. The van der Waals surface area contributed by atoms with Gasteiger partial charge in [0.2, 0.25) is 6.10 Å². The number of fused-ring (bicyclic) bond motifs is 1. The quantitative estimate of drug-likeness (QED) is 0.863. The topological polar surface area (TPSA) is 47.6 Å². The van der Waals surface area contributed by atoms with Gasteiger partial charge in [0.25, 0.3) is 5.91 Å². The van der Waals surface area contributed by atoms with Gasteiger partial charge in [0.05, 0.1) is 0 Å². The zero-order valence-electron chi connectivity index (χ0n) is 11.1. The second-order valence-electron chi connectivity index (χ2n) is 4.88. The lowest BCUT2D eigenvalue weighted by Crippen LogP contribution is -2.49. The molecular weight excluding hydrogens is 310 g/mol. The first-order valence-corrected chi connectivity index (χ1v) is 7.48. The molecule has 0 radical (unpaired) electrons. The van der Waals surface area contributed by atoms with E-state index in [1.54, 1.807) is 6.07 Å². The number of rotatable bonds is 4. The smallest absolute Gasteiger partial charge is 0.264 e. The first-order chi connectivity index (χ1) is 9.11. The van der Waals surface area contributed by atoms with Gasteiger partial charge in [-0.3, -0.25) is 4.79 Å². The molecule has 1 amide bonds. The minimum Gasteiger partial charge on any atom is -0.485 e. The first-order valence-electron chi connectivity index (χ1n) is 6.36. The number of alkyl halides is 1. The summed E-state index contributed by atoms with van der Waals surface area (Å²) in [5, 5.41) is 3.70. The average molecular weight is 328 g/mol. The van der Waals surface area contributed by atoms with Crippen molar-refractivity contribution in [2.75, 3.05) is 11.9 Å². The van der Waals surface area contributed by atoms with Crippen LogP contribution >= 0.6 is 15.9 Å². The van der Waals surface area contributed by atoms with Gasteiger partial charge in [-0.25, -0.2) is 0 Å². The zero-order chi connectivity index (χ0) is 13.8. The normalized spacial score (nSPS) is 19.1. The van der Waals surface area contributed by atoms with Gasteiger partial charge in [-0.15, -0.1) is 0 Å². The van der Waals surface area contributed by atoms with E-state index in [1.165, 1.54) is 0 Å². The van der Waals surface area contributed by atoms with Crippen molar-refractivity contribution in [3.05, 3.63) is 24.3 Å². The maximum absolute atomic E-state index is 12.1. The molecule has 0 saturated heterocycles. The maximum atomic E-state index is 12.1. The standard InChI is InChI=1S/C14H18BrNO3/c1-9(2)10(7-15)16-14(17)13-8-18-11-5-3-4-6-12(11)19-13/h3-6,9-10,13H,7-8H2,1-2H3,(H,16,17). The van der Waals surface area contributed by atoms with E-state index in [2.05, 4.69) is 35.1 Å². The average Bonchev–Trinajstić information content (AvgIpc) is 2.43. The lowest BCUT2D eigenvalue weighted by atomic mass is 10.1. The van der Waals surface area contributed by atoms with Crippen molar-refractivity contribution in [3.63, 3.8) is 0 Å². The van der Waals surface area contributed by atoms with E-state index in [4.69, 9.17) is 9.47 Å². The molecule has 2 rings (SSSR count). The van der Waals surface area contributed by atoms with Crippen molar-refractivity contribution in [1.82, 2.24) is 5.32 Å². The third kappa shape index (κ3) is 3.41. The van der Waals surface area contributed by atoms with Crippen LogP contribution in [-0.4, -0.2) is 30.0 Å². The van der Waals surface area contributed by atoms with Gasteiger partial charge in [-0.1, -0.05) is 41.9 Å². The molecule has 1 N–H and O–H groups in total. The molecule has 0 aromatic heterocycles. The fourth-order valence-electron chi connectivity index (χ4n) is 1.81. The van der Waals surface area contributed by atoms with Crippen LogP contribution in [0.2, 0.25) is 0 Å². The molecule has 1 heterocycles. The number of hydrogen-bond acceptors (Lipinski definition) is 3. The third-order valence-corrected chi connectivity index (χ3v) is 3.80. The summed E-state index contributed by atoms with van der Waals surface area (Å²) in [5.41, 5.74) is 0. The van der Waals surface area contributed by atoms with Crippen molar-refractivity contribution in [2.24, 2.45) is 5.92 Å². The Balaban J connectivity index is 1.99. The van der Waals surface area contributed by atoms with E-state index < -0.39 is 6.10 Å². The predicted molar refractivity (Wildman–Crippen MR) is 76.9 cm³/mol. The molecule has 104 valence electrons. The number of ether oxygens (including phenoxy) is 2. The van der Waals surface area contributed by atoms with Gasteiger partial charge in [0.15, 0.2) is 11.5 Å². The van der Waals surface area contributed by atoms with Crippen LogP contribution < -0.4 is 14.8 Å². The number of hydrogen-bond donors (Lipinski definition) is 1. The summed E-state index contributed by atoms with van der Waals surface area (Å²) in [6.45, 7) is 4.38. The number of nitrogens with one attached hydrogen (secondary N) is 1. The van der Waals surface area contributed by atoms with Gasteiger partial charge in [0.1, 0.15) is 6.61 Å². The Bertz CT molecular complexity index is 450. The SMILES string of the molecule is CC(C)C(CBr)NC(=O)C1COc2ccccc2O1. The van der Waals surface area contributed by atoms with Crippen LogP contribution in [0.15, 0.2) is 24.3 Å². The Labute approximate surface area is 121 Å². The van der Waals surface area contributed by atoms with Crippen LogP contribution in [0, 0.1) is 5.92 Å². The summed E-state index contributed by atoms with van der Waals surface area (Å²) in [6.07, 6.45) is -0.588. The Morgan fingerprint density at radius 1 is 1.42 bits per heavy atom. The monoisotopic (exact) mass is 327 g/mol. The molecule has 4 nitrogen and oxygen atoms in total. The molecule has 1 aromatic carbocycles. The predicted octanol–water partition coefficient (Wildman–Crippen LogP) is 2.36. The largest absolute Gasteiger partial charge is 0.485 e. The molecule has 0 spiro atoms. The fourth-order valence-corrected chi connectivity index (χ4v) is 2.72. The fraction of sp³-hybridized carbons (Fsp3) is 0.500. The van der Waals surface area contributed by atoms with Crippen LogP contribution in [0.4, 0.5) is 0 Å². The highest BCUT2D eigenvalue weighted by atomic mass is 79.9. The van der Waals surface area contributed by atoms with Gasteiger partial charge < -0.3 is 14.8 Å². The second kappa shape index (κ2) is 6.28. The van der Waals surface area contributed by atoms with Crippen molar-refractivity contribution in [3.8, 4) is 11.5 Å². The molecule has 19 heavy (non-hydrogen) atoms. The molecule has 0 aliphatic carbocycles. The first kappa shape index (κ1) is 14.2. The number of halogens is 1. The highest BCUT2D eigenvalue weighted by molar-refractivity contribution is 9.09. The Kier molecular flexibility index (Phi) is 4.69. The van der Waals surface area contributed by atoms with Gasteiger partial charge in [-0.05, 0) is 18.1 Å². The number of amides is 1. The maximum Gasteiger partial charge on any atom is 0.264 e. The molecule has 5 heteroatoms. The Morgan fingerprint density at radius 3 is 2.74 bits per heavy atom. The Hall–Kier alpha value is -1.23. The molecular formula is C14H18BrNO3. The van der Waals surface area contributed by atoms with E-state index in [1.807, 2.05) is 18.2 Å². The van der Waals surface area contributed by atoms with Crippen LogP contribution in [0.25, 0.3) is 0 Å². The third-order valence-electron chi connectivity index (χ3n) is 3.10.